The third kappa shape index (κ3) is 10.6. The van der Waals surface area contributed by atoms with Crippen molar-refractivity contribution in [1.29, 1.82) is 0 Å². The van der Waals surface area contributed by atoms with E-state index in [-0.39, 0.29) is 12.1 Å². The van der Waals surface area contributed by atoms with Crippen LogP contribution in [0.2, 0.25) is 0 Å². The molecule has 1 aliphatic rings. The first-order chi connectivity index (χ1) is 19.4. The number of hydrogen-bond acceptors (Lipinski definition) is 8. The number of halogens is 1. The summed E-state index contributed by atoms with van der Waals surface area (Å²) in [7, 11) is 3.50. The Balaban J connectivity index is 0.00000138. The Hall–Kier alpha value is -3.78. The van der Waals surface area contributed by atoms with Crippen LogP contribution in [0.15, 0.2) is 47.8 Å². The summed E-state index contributed by atoms with van der Waals surface area (Å²) in [6.45, 7) is 13.6. The van der Waals surface area contributed by atoms with Gasteiger partial charge in [0.2, 0.25) is 5.95 Å². The summed E-state index contributed by atoms with van der Waals surface area (Å²) >= 11 is 1.41. The van der Waals surface area contributed by atoms with Crippen LogP contribution in [0.1, 0.15) is 53.2 Å². The Bertz CT molecular complexity index is 1270. The van der Waals surface area contributed by atoms with Crippen LogP contribution in [0.4, 0.5) is 15.1 Å². The Morgan fingerprint density at radius 1 is 1.32 bits per heavy atom. The number of thioether (sulfide) groups is 1. The second-order valence-corrected chi connectivity index (χ2v) is 11.3. The summed E-state index contributed by atoms with van der Waals surface area (Å²) in [6.07, 6.45) is 12.9. The minimum absolute atomic E-state index is 0.133. The number of anilines is 1. The molecule has 0 radical (unpaired) electrons. The number of aromatic nitrogens is 4. The molecule has 0 spiro atoms. The van der Waals surface area contributed by atoms with Crippen molar-refractivity contribution in [1.82, 2.24) is 24.4 Å². The van der Waals surface area contributed by atoms with Crippen molar-refractivity contribution < 1.29 is 18.7 Å². The third-order valence-electron chi connectivity index (χ3n) is 5.52. The van der Waals surface area contributed by atoms with E-state index in [1.807, 2.05) is 38.5 Å². The molecule has 0 atom stereocenters. The van der Waals surface area contributed by atoms with Gasteiger partial charge < -0.3 is 24.3 Å². The Labute approximate surface area is 247 Å². The summed E-state index contributed by atoms with van der Waals surface area (Å²) in [5, 5.41) is 5.90. The minimum Gasteiger partial charge on any atom is -0.504 e. The molecule has 1 N–H and O–H groups in total. The van der Waals surface area contributed by atoms with Crippen molar-refractivity contribution in [2.45, 2.75) is 70.4 Å². The number of amides is 1. The van der Waals surface area contributed by atoms with Crippen LogP contribution in [-0.2, 0) is 16.5 Å². The van der Waals surface area contributed by atoms with Gasteiger partial charge in [0, 0.05) is 37.9 Å². The van der Waals surface area contributed by atoms with Gasteiger partial charge in [-0.1, -0.05) is 24.3 Å². The minimum atomic E-state index is -0.667. The van der Waals surface area contributed by atoms with Gasteiger partial charge in [0.1, 0.15) is 5.60 Å². The lowest BCUT2D eigenvalue weighted by molar-refractivity contribution is 0.0210. The number of terminal acetylenes is 1. The van der Waals surface area contributed by atoms with Crippen LogP contribution in [0, 0.1) is 12.3 Å². The van der Waals surface area contributed by atoms with Gasteiger partial charge >= 0.3 is 6.09 Å². The number of carbonyl (C=O) groups excluding carboxylic acids is 1. The van der Waals surface area contributed by atoms with E-state index < -0.39 is 11.8 Å². The largest absolute Gasteiger partial charge is 0.504 e. The number of likely N-dealkylation sites (tertiary alicyclic amines) is 1. The molecule has 2 aromatic rings. The van der Waals surface area contributed by atoms with E-state index >= 15 is 0 Å². The average molecular weight is 585 g/mol. The molecule has 0 unspecified atom stereocenters. The summed E-state index contributed by atoms with van der Waals surface area (Å²) in [5.74, 6) is 3.08. The molecule has 3 heterocycles. The topological polar surface area (TPSA) is 94.4 Å². The van der Waals surface area contributed by atoms with E-state index in [4.69, 9.17) is 25.9 Å². The van der Waals surface area contributed by atoms with Gasteiger partial charge in [-0.05, 0) is 71.1 Å². The van der Waals surface area contributed by atoms with Crippen LogP contribution in [-0.4, -0.2) is 68.5 Å². The van der Waals surface area contributed by atoms with Gasteiger partial charge in [0.25, 0.3) is 0 Å². The van der Waals surface area contributed by atoms with Gasteiger partial charge in [-0.2, -0.15) is 0 Å². The van der Waals surface area contributed by atoms with E-state index in [2.05, 4.69) is 22.8 Å². The lowest BCUT2D eigenvalue weighted by Gasteiger charge is -2.33. The number of piperidine rings is 1. The Morgan fingerprint density at radius 2 is 1.98 bits per heavy atom. The molecular weight excluding hydrogens is 543 g/mol. The molecule has 3 rings (SSSR count). The number of rotatable bonds is 8. The number of carbonyl (C=O) groups is 1. The van der Waals surface area contributed by atoms with Crippen molar-refractivity contribution in [3.8, 4) is 23.7 Å². The maximum Gasteiger partial charge on any atom is 0.410 e. The maximum atomic E-state index is 12.4. The lowest BCUT2D eigenvalue weighted by atomic mass is 10.1. The fourth-order valence-corrected chi connectivity index (χ4v) is 4.40. The van der Waals surface area contributed by atoms with Crippen LogP contribution < -0.4 is 5.32 Å². The number of methoxy groups -OCH3 is 1. The zero-order valence-electron chi connectivity index (χ0n) is 25.0. The number of nitrogens with zero attached hydrogens (tertiary/aromatic N) is 5. The standard InChI is InChI=1S/C27H34N6O3S.C3H7F/c1-8-10-19(14-18-35-7)22-23(32(6)25(31-22)37-9-2)21-11-15-28-24(30-21)29-20-12-16-33(17-13-20)26(34)36-27(3,4)5;1-3(2)4/h1,9-11,14-15,18,20H,2,12-13,16-17H2,3-7H3,(H,28,29,30);3H,1-2H3/b18-14-,19-10+;. The van der Waals surface area contributed by atoms with Crippen LogP contribution in [0.25, 0.3) is 17.0 Å². The first-order valence-electron chi connectivity index (χ1n) is 13.3. The number of hydrogen-bond donors (Lipinski definition) is 1. The molecule has 0 saturated carbocycles. The average Bonchev–Trinajstić information content (AvgIpc) is 3.21. The van der Waals surface area contributed by atoms with Crippen molar-refractivity contribution in [2.75, 3.05) is 25.5 Å². The molecule has 1 saturated heterocycles. The highest BCUT2D eigenvalue weighted by molar-refractivity contribution is 8.02. The van der Waals surface area contributed by atoms with Gasteiger partial charge in [-0.25, -0.2) is 24.1 Å². The molecule has 1 amide bonds. The zero-order valence-corrected chi connectivity index (χ0v) is 25.8. The fraction of sp³-hybridized carbons (Fsp3) is 0.467. The molecular formula is C30H41FN6O3S. The van der Waals surface area contributed by atoms with Crippen molar-refractivity contribution in [2.24, 2.45) is 7.05 Å². The van der Waals surface area contributed by atoms with Crippen LogP contribution in [0.3, 0.4) is 0 Å². The lowest BCUT2D eigenvalue weighted by Crippen LogP contribution is -2.44. The molecule has 0 aromatic carbocycles. The molecule has 222 valence electrons. The highest BCUT2D eigenvalue weighted by atomic mass is 32.2. The molecule has 9 nitrogen and oxygen atoms in total. The third-order valence-corrected chi connectivity index (χ3v) is 6.26. The number of alkyl halides is 1. The quantitative estimate of drug-likeness (QED) is 0.163. The SMILES string of the molecule is C#C/C=C(\C=C/OC)c1nc(SC=C)n(C)c1-c1ccnc(NC2CCN(C(=O)OC(C)(C)C)CC2)n1.CC(C)F. The number of imidazole rings is 1. The van der Waals surface area contributed by atoms with Crippen molar-refractivity contribution in [3.05, 3.63) is 48.4 Å². The normalized spacial score (nSPS) is 14.3. The summed E-state index contributed by atoms with van der Waals surface area (Å²) in [5.41, 5.74) is 2.36. The summed E-state index contributed by atoms with van der Waals surface area (Å²) in [6, 6.07) is 1.97. The molecule has 11 heteroatoms. The van der Waals surface area contributed by atoms with Gasteiger partial charge in [0.15, 0.2) is 5.16 Å². The van der Waals surface area contributed by atoms with E-state index in [9.17, 15) is 9.18 Å². The zero-order chi connectivity index (χ0) is 30.6. The van der Waals surface area contributed by atoms with E-state index in [0.717, 1.165) is 23.7 Å². The van der Waals surface area contributed by atoms with Crippen LogP contribution in [0.5, 0.6) is 0 Å². The van der Waals surface area contributed by atoms with Crippen LogP contribution >= 0.6 is 11.8 Å². The van der Waals surface area contributed by atoms with Gasteiger partial charge in [-0.3, -0.25) is 0 Å². The predicted octanol–water partition coefficient (Wildman–Crippen LogP) is 6.47. The second-order valence-electron chi connectivity index (χ2n) is 10.4. The Kier molecular flexibility index (Phi) is 12.9. The summed E-state index contributed by atoms with van der Waals surface area (Å²) in [4.78, 5) is 28.1. The first kappa shape index (κ1) is 33.4. The van der Waals surface area contributed by atoms with Crippen molar-refractivity contribution >= 4 is 29.4 Å². The maximum absolute atomic E-state index is 12.4. The molecule has 0 aliphatic carbocycles. The smallest absolute Gasteiger partial charge is 0.410 e. The number of allylic oxidation sites excluding steroid dienone is 3. The van der Waals surface area contributed by atoms with E-state index in [1.54, 1.807) is 42.0 Å². The predicted molar refractivity (Wildman–Crippen MR) is 164 cm³/mol. The molecule has 2 aromatic heterocycles. The highest BCUT2D eigenvalue weighted by Gasteiger charge is 2.27. The molecule has 1 fully saturated rings. The van der Waals surface area contributed by atoms with Crippen molar-refractivity contribution in [3.63, 3.8) is 0 Å². The fourth-order valence-electron chi connectivity index (χ4n) is 3.85. The monoisotopic (exact) mass is 584 g/mol. The second kappa shape index (κ2) is 15.9. The molecule has 1 aliphatic heterocycles. The van der Waals surface area contributed by atoms with E-state index in [1.165, 1.54) is 25.6 Å². The highest BCUT2D eigenvalue weighted by Crippen LogP contribution is 2.33. The van der Waals surface area contributed by atoms with Gasteiger partial charge in [-0.15, -0.1) is 6.42 Å². The van der Waals surface area contributed by atoms with Gasteiger partial charge in [0.05, 0.1) is 36.6 Å². The van der Waals surface area contributed by atoms with E-state index in [0.29, 0.717) is 36.0 Å². The number of nitrogens with one attached hydrogen (secondary N) is 1. The number of ether oxygens (including phenoxy) is 2. The first-order valence-corrected chi connectivity index (χ1v) is 14.2. The summed E-state index contributed by atoms with van der Waals surface area (Å²) < 4.78 is 23.6. The molecule has 0 bridgehead atoms. The molecule has 41 heavy (non-hydrogen) atoms. The Morgan fingerprint density at radius 3 is 2.54 bits per heavy atom.